The SMILES string of the molecule is CCc1nnnn1-c1ccc(OC)c(CNC2CCCNC2c2ccccc2)c1. The number of aryl methyl sites for hydroxylation is 1. The Hall–Kier alpha value is -2.77. The van der Waals surface area contributed by atoms with Crippen LogP contribution in [0, 0.1) is 0 Å². The number of ether oxygens (including phenoxy) is 1. The summed E-state index contributed by atoms with van der Waals surface area (Å²) in [5.74, 6) is 1.71. The number of nitrogens with one attached hydrogen (secondary N) is 2. The monoisotopic (exact) mass is 392 g/mol. The van der Waals surface area contributed by atoms with Gasteiger partial charge in [0.2, 0.25) is 0 Å². The second kappa shape index (κ2) is 9.15. The topological polar surface area (TPSA) is 76.9 Å². The Labute approximate surface area is 171 Å². The molecular formula is C22H28N6O. The standard InChI is InChI=1S/C22H28N6O/c1-3-21-25-26-27-28(21)18-11-12-20(29-2)17(14-18)15-24-19-10-7-13-23-22(19)16-8-5-4-6-9-16/h4-6,8-9,11-12,14,19,22-24H,3,7,10,13,15H2,1-2H3. The molecule has 0 aliphatic carbocycles. The molecule has 1 aliphatic heterocycles. The van der Waals surface area contributed by atoms with Gasteiger partial charge in [0.1, 0.15) is 5.75 Å². The van der Waals surface area contributed by atoms with E-state index in [1.165, 1.54) is 12.0 Å². The molecule has 2 N–H and O–H groups in total. The molecule has 2 atom stereocenters. The number of tetrazole rings is 1. The predicted molar refractivity (Wildman–Crippen MR) is 112 cm³/mol. The number of hydrogen-bond donors (Lipinski definition) is 2. The van der Waals surface area contributed by atoms with E-state index in [0.29, 0.717) is 12.1 Å². The van der Waals surface area contributed by atoms with Crippen molar-refractivity contribution in [3.05, 3.63) is 65.5 Å². The van der Waals surface area contributed by atoms with Crippen LogP contribution >= 0.6 is 0 Å². The first-order valence-corrected chi connectivity index (χ1v) is 10.3. The fourth-order valence-electron chi connectivity index (χ4n) is 4.02. The zero-order chi connectivity index (χ0) is 20.1. The highest BCUT2D eigenvalue weighted by Gasteiger charge is 2.25. The number of piperidine rings is 1. The highest BCUT2D eigenvalue weighted by Crippen LogP contribution is 2.26. The molecule has 0 bridgehead atoms. The molecule has 7 nitrogen and oxygen atoms in total. The van der Waals surface area contributed by atoms with Crippen molar-refractivity contribution in [2.45, 2.75) is 44.8 Å². The molecule has 1 fully saturated rings. The number of aromatic nitrogens is 4. The third-order valence-electron chi connectivity index (χ3n) is 5.53. The van der Waals surface area contributed by atoms with Crippen LogP contribution < -0.4 is 15.4 Å². The Morgan fingerprint density at radius 1 is 1.21 bits per heavy atom. The molecule has 1 saturated heterocycles. The first kappa shape index (κ1) is 19.5. The molecule has 0 radical (unpaired) electrons. The Balaban J connectivity index is 1.54. The predicted octanol–water partition coefficient (Wildman–Crippen LogP) is 2.82. The van der Waals surface area contributed by atoms with Gasteiger partial charge in [0.25, 0.3) is 0 Å². The summed E-state index contributed by atoms with van der Waals surface area (Å²) in [6.45, 7) is 3.82. The van der Waals surface area contributed by atoms with Gasteiger partial charge in [-0.05, 0) is 53.6 Å². The summed E-state index contributed by atoms with van der Waals surface area (Å²) in [5.41, 5.74) is 3.37. The molecule has 4 rings (SSSR count). The molecule has 0 spiro atoms. The van der Waals surface area contributed by atoms with Gasteiger partial charge in [0.15, 0.2) is 5.82 Å². The van der Waals surface area contributed by atoms with Gasteiger partial charge in [-0.1, -0.05) is 37.3 Å². The fourth-order valence-corrected chi connectivity index (χ4v) is 4.02. The molecule has 7 heteroatoms. The lowest BCUT2D eigenvalue weighted by Gasteiger charge is -2.34. The largest absolute Gasteiger partial charge is 0.496 e. The third-order valence-corrected chi connectivity index (χ3v) is 5.53. The summed E-state index contributed by atoms with van der Waals surface area (Å²) in [6.07, 6.45) is 3.09. The van der Waals surface area contributed by atoms with Crippen LogP contribution in [0.5, 0.6) is 5.75 Å². The molecule has 152 valence electrons. The van der Waals surface area contributed by atoms with E-state index >= 15 is 0 Å². The number of hydrogen-bond acceptors (Lipinski definition) is 6. The summed E-state index contributed by atoms with van der Waals surface area (Å²) >= 11 is 0. The smallest absolute Gasteiger partial charge is 0.156 e. The van der Waals surface area contributed by atoms with E-state index in [0.717, 1.165) is 48.8 Å². The summed E-state index contributed by atoms with van der Waals surface area (Å²) < 4.78 is 7.40. The van der Waals surface area contributed by atoms with E-state index < -0.39 is 0 Å². The van der Waals surface area contributed by atoms with E-state index in [1.807, 2.05) is 19.1 Å². The van der Waals surface area contributed by atoms with E-state index in [2.05, 4.69) is 62.6 Å². The van der Waals surface area contributed by atoms with Crippen molar-refractivity contribution in [1.82, 2.24) is 30.8 Å². The normalized spacial score (nSPS) is 19.2. The van der Waals surface area contributed by atoms with Gasteiger partial charge < -0.3 is 15.4 Å². The van der Waals surface area contributed by atoms with Crippen LogP contribution in [0.25, 0.3) is 5.69 Å². The highest BCUT2D eigenvalue weighted by atomic mass is 16.5. The maximum absolute atomic E-state index is 5.61. The number of methoxy groups -OCH3 is 1. The quantitative estimate of drug-likeness (QED) is 0.644. The summed E-state index contributed by atoms with van der Waals surface area (Å²) in [5, 5.41) is 19.5. The van der Waals surface area contributed by atoms with Crippen molar-refractivity contribution >= 4 is 0 Å². The van der Waals surface area contributed by atoms with Crippen LogP contribution in [0.15, 0.2) is 48.5 Å². The Morgan fingerprint density at radius 3 is 2.86 bits per heavy atom. The molecule has 3 aromatic rings. The third kappa shape index (κ3) is 4.31. The molecular weight excluding hydrogens is 364 g/mol. The van der Waals surface area contributed by atoms with Gasteiger partial charge >= 0.3 is 0 Å². The zero-order valence-corrected chi connectivity index (χ0v) is 17.0. The number of rotatable bonds is 7. The van der Waals surface area contributed by atoms with Gasteiger partial charge in [-0.3, -0.25) is 0 Å². The Morgan fingerprint density at radius 2 is 2.07 bits per heavy atom. The molecule has 2 unspecified atom stereocenters. The van der Waals surface area contributed by atoms with Gasteiger partial charge in [0.05, 0.1) is 12.8 Å². The Kier molecular flexibility index (Phi) is 6.17. The zero-order valence-electron chi connectivity index (χ0n) is 17.0. The van der Waals surface area contributed by atoms with Gasteiger partial charge in [-0.2, -0.15) is 4.68 Å². The highest BCUT2D eigenvalue weighted by molar-refractivity contribution is 5.44. The fraction of sp³-hybridized carbons (Fsp3) is 0.409. The van der Waals surface area contributed by atoms with Crippen molar-refractivity contribution in [2.75, 3.05) is 13.7 Å². The molecule has 0 amide bonds. The average Bonchev–Trinajstić information content (AvgIpc) is 3.27. The van der Waals surface area contributed by atoms with E-state index in [4.69, 9.17) is 4.74 Å². The minimum atomic E-state index is 0.310. The van der Waals surface area contributed by atoms with Gasteiger partial charge in [-0.15, -0.1) is 5.10 Å². The molecule has 1 aliphatic rings. The maximum Gasteiger partial charge on any atom is 0.156 e. The van der Waals surface area contributed by atoms with Crippen LogP contribution in [-0.4, -0.2) is 39.9 Å². The number of nitrogens with zero attached hydrogens (tertiary/aromatic N) is 4. The lowest BCUT2D eigenvalue weighted by atomic mass is 9.92. The van der Waals surface area contributed by atoms with Crippen LogP contribution in [0.2, 0.25) is 0 Å². The van der Waals surface area contributed by atoms with Crippen molar-refractivity contribution in [3.63, 3.8) is 0 Å². The van der Waals surface area contributed by atoms with E-state index in [9.17, 15) is 0 Å². The van der Waals surface area contributed by atoms with Crippen LogP contribution in [-0.2, 0) is 13.0 Å². The van der Waals surface area contributed by atoms with Crippen molar-refractivity contribution in [1.29, 1.82) is 0 Å². The lowest BCUT2D eigenvalue weighted by Crippen LogP contribution is -2.45. The molecule has 2 heterocycles. The van der Waals surface area contributed by atoms with Gasteiger partial charge in [-0.25, -0.2) is 0 Å². The van der Waals surface area contributed by atoms with Crippen LogP contribution in [0.4, 0.5) is 0 Å². The Bertz CT molecular complexity index is 926. The summed E-state index contributed by atoms with van der Waals surface area (Å²) in [6, 6.07) is 17.4. The molecule has 1 aromatic heterocycles. The first-order chi connectivity index (χ1) is 14.3. The minimum Gasteiger partial charge on any atom is -0.496 e. The summed E-state index contributed by atoms with van der Waals surface area (Å²) in [7, 11) is 1.71. The molecule has 29 heavy (non-hydrogen) atoms. The van der Waals surface area contributed by atoms with Crippen molar-refractivity contribution in [2.24, 2.45) is 0 Å². The van der Waals surface area contributed by atoms with E-state index in [1.54, 1.807) is 11.8 Å². The van der Waals surface area contributed by atoms with Crippen LogP contribution in [0.3, 0.4) is 0 Å². The summed E-state index contributed by atoms with van der Waals surface area (Å²) in [4.78, 5) is 0. The molecule has 0 saturated carbocycles. The van der Waals surface area contributed by atoms with Crippen LogP contribution in [0.1, 0.15) is 42.8 Å². The van der Waals surface area contributed by atoms with Crippen molar-refractivity contribution < 1.29 is 4.74 Å². The second-order valence-corrected chi connectivity index (χ2v) is 7.33. The van der Waals surface area contributed by atoms with Gasteiger partial charge in [0, 0.05) is 30.6 Å². The molecule has 2 aromatic carbocycles. The minimum absolute atomic E-state index is 0.310. The maximum atomic E-state index is 5.61. The second-order valence-electron chi connectivity index (χ2n) is 7.33. The van der Waals surface area contributed by atoms with Crippen molar-refractivity contribution in [3.8, 4) is 11.4 Å². The lowest BCUT2D eigenvalue weighted by molar-refractivity contribution is 0.303. The number of benzene rings is 2. The first-order valence-electron chi connectivity index (χ1n) is 10.3. The van der Waals surface area contributed by atoms with E-state index in [-0.39, 0.29) is 0 Å². The average molecular weight is 393 g/mol.